The first-order valence-electron chi connectivity index (χ1n) is 5.21. The molecule has 3 N–H and O–H groups in total. The summed E-state index contributed by atoms with van der Waals surface area (Å²) in [7, 11) is 1.36. The Morgan fingerprint density at radius 2 is 2.35 bits per heavy atom. The quantitative estimate of drug-likeness (QED) is 0.822. The van der Waals surface area contributed by atoms with Crippen LogP contribution < -0.4 is 5.73 Å². The Hall–Kier alpha value is -1.52. The third-order valence-electron chi connectivity index (χ3n) is 2.77. The number of carbonyl (C=O) groups excluding carboxylic acids is 1. The Bertz CT molecular complexity index is 550. The predicted octanol–water partition coefficient (Wildman–Crippen LogP) is 2.04. The number of aromatic nitrogens is 1. The zero-order valence-corrected chi connectivity index (χ0v) is 10.1. The van der Waals surface area contributed by atoms with Gasteiger partial charge in [0.1, 0.15) is 0 Å². The Labute approximate surface area is 104 Å². The summed E-state index contributed by atoms with van der Waals surface area (Å²) in [6.07, 6.45) is 1.77. The topological polar surface area (TPSA) is 68.1 Å². The lowest BCUT2D eigenvalue weighted by Crippen LogP contribution is -2.22. The van der Waals surface area contributed by atoms with Gasteiger partial charge < -0.3 is 15.5 Å². The number of halogens is 1. The lowest BCUT2D eigenvalue weighted by Gasteiger charge is -2.11. The number of hydrogen-bond acceptors (Lipinski definition) is 3. The van der Waals surface area contributed by atoms with Gasteiger partial charge >= 0.3 is 5.97 Å². The van der Waals surface area contributed by atoms with Gasteiger partial charge in [-0.25, -0.2) is 0 Å². The second-order valence-electron chi connectivity index (χ2n) is 3.75. The van der Waals surface area contributed by atoms with Crippen molar-refractivity contribution < 1.29 is 9.53 Å². The van der Waals surface area contributed by atoms with E-state index in [4.69, 9.17) is 22.1 Å². The number of esters is 1. The Balaban J connectivity index is 2.51. The molecule has 0 aliphatic heterocycles. The monoisotopic (exact) mass is 252 g/mol. The van der Waals surface area contributed by atoms with Crippen molar-refractivity contribution in [2.24, 2.45) is 5.73 Å². The molecule has 17 heavy (non-hydrogen) atoms. The molecule has 2 rings (SSSR count). The maximum absolute atomic E-state index is 11.6. The minimum absolute atomic E-state index is 0.211. The SMILES string of the molecule is COC(=O)[C@@H](CN)c1c[nH]c2cc(Cl)ccc12. The molecule has 2 aromatic rings. The lowest BCUT2D eigenvalue weighted by atomic mass is 9.99. The number of methoxy groups -OCH3 is 1. The minimum atomic E-state index is -0.449. The van der Waals surface area contributed by atoms with Gasteiger partial charge in [0.25, 0.3) is 0 Å². The first-order chi connectivity index (χ1) is 8.17. The van der Waals surface area contributed by atoms with Crippen molar-refractivity contribution in [3.63, 3.8) is 0 Å². The minimum Gasteiger partial charge on any atom is -0.469 e. The molecule has 0 aliphatic rings. The number of benzene rings is 1. The molecule has 1 heterocycles. The molecule has 1 aromatic heterocycles. The van der Waals surface area contributed by atoms with Crippen LogP contribution in [0.15, 0.2) is 24.4 Å². The van der Waals surface area contributed by atoms with E-state index in [-0.39, 0.29) is 12.5 Å². The third-order valence-corrected chi connectivity index (χ3v) is 3.01. The molecular weight excluding hydrogens is 240 g/mol. The van der Waals surface area contributed by atoms with E-state index >= 15 is 0 Å². The molecule has 90 valence electrons. The van der Waals surface area contributed by atoms with Crippen LogP contribution >= 0.6 is 11.6 Å². The highest BCUT2D eigenvalue weighted by Crippen LogP contribution is 2.27. The van der Waals surface area contributed by atoms with Gasteiger partial charge in [0.15, 0.2) is 0 Å². The molecule has 0 aliphatic carbocycles. The molecule has 0 saturated heterocycles. The van der Waals surface area contributed by atoms with Crippen LogP contribution in [0.25, 0.3) is 10.9 Å². The lowest BCUT2D eigenvalue weighted by molar-refractivity contribution is -0.142. The summed E-state index contributed by atoms with van der Waals surface area (Å²) < 4.78 is 4.74. The number of carbonyl (C=O) groups is 1. The van der Waals surface area contributed by atoms with Crippen LogP contribution in [0.4, 0.5) is 0 Å². The summed E-state index contributed by atoms with van der Waals surface area (Å²) in [6, 6.07) is 5.46. The van der Waals surface area contributed by atoms with Gasteiger partial charge in [0.05, 0.1) is 13.0 Å². The van der Waals surface area contributed by atoms with E-state index in [1.54, 1.807) is 12.3 Å². The highest BCUT2D eigenvalue weighted by atomic mass is 35.5. The maximum atomic E-state index is 11.6. The van der Waals surface area contributed by atoms with Gasteiger partial charge in [-0.05, 0) is 17.7 Å². The van der Waals surface area contributed by atoms with Crippen LogP contribution in [0, 0.1) is 0 Å². The molecule has 0 amide bonds. The normalized spacial score (nSPS) is 12.6. The average molecular weight is 253 g/mol. The number of aromatic amines is 1. The van der Waals surface area contributed by atoms with E-state index in [9.17, 15) is 4.79 Å². The van der Waals surface area contributed by atoms with Gasteiger partial charge in [-0.2, -0.15) is 0 Å². The molecule has 5 heteroatoms. The fraction of sp³-hybridized carbons (Fsp3) is 0.250. The Kier molecular flexibility index (Phi) is 3.36. The predicted molar refractivity (Wildman–Crippen MR) is 67.1 cm³/mol. The van der Waals surface area contributed by atoms with Crippen molar-refractivity contribution in [3.8, 4) is 0 Å². The van der Waals surface area contributed by atoms with Crippen LogP contribution in [-0.2, 0) is 9.53 Å². The molecular formula is C12H13ClN2O2. The summed E-state index contributed by atoms with van der Waals surface area (Å²) in [5.41, 5.74) is 7.34. The number of rotatable bonds is 3. The van der Waals surface area contributed by atoms with Crippen LogP contribution in [0.2, 0.25) is 5.02 Å². The second kappa shape index (κ2) is 4.77. The van der Waals surface area contributed by atoms with Crippen molar-refractivity contribution in [1.29, 1.82) is 0 Å². The number of ether oxygens (including phenoxy) is 1. The molecule has 0 bridgehead atoms. The molecule has 0 unspecified atom stereocenters. The van der Waals surface area contributed by atoms with Gasteiger partial charge in [0.2, 0.25) is 0 Å². The van der Waals surface area contributed by atoms with Crippen molar-refractivity contribution >= 4 is 28.5 Å². The van der Waals surface area contributed by atoms with Gasteiger partial charge in [-0.1, -0.05) is 17.7 Å². The molecule has 0 spiro atoms. The van der Waals surface area contributed by atoms with Crippen LogP contribution in [-0.4, -0.2) is 24.6 Å². The second-order valence-corrected chi connectivity index (χ2v) is 4.18. The first kappa shape index (κ1) is 12.0. The van der Waals surface area contributed by atoms with E-state index in [2.05, 4.69) is 4.98 Å². The van der Waals surface area contributed by atoms with Crippen LogP contribution in [0.1, 0.15) is 11.5 Å². The number of fused-ring (bicyclic) bond motifs is 1. The van der Waals surface area contributed by atoms with Crippen LogP contribution in [0.3, 0.4) is 0 Å². The smallest absolute Gasteiger partial charge is 0.314 e. The van der Waals surface area contributed by atoms with Gasteiger partial charge in [-0.3, -0.25) is 4.79 Å². The van der Waals surface area contributed by atoms with E-state index < -0.39 is 5.92 Å². The standard InChI is InChI=1S/C12H13ClN2O2/c1-17-12(16)9(5-14)10-6-15-11-4-7(13)2-3-8(10)11/h2-4,6,9,15H,5,14H2,1H3/t9-/m0/s1. The van der Waals surface area contributed by atoms with E-state index in [0.29, 0.717) is 5.02 Å². The van der Waals surface area contributed by atoms with Crippen molar-refractivity contribution in [3.05, 3.63) is 35.0 Å². The van der Waals surface area contributed by atoms with Gasteiger partial charge in [0, 0.05) is 28.7 Å². The van der Waals surface area contributed by atoms with Crippen molar-refractivity contribution in [2.45, 2.75) is 5.92 Å². The summed E-state index contributed by atoms with van der Waals surface area (Å²) in [5.74, 6) is -0.779. The zero-order valence-electron chi connectivity index (χ0n) is 9.37. The van der Waals surface area contributed by atoms with E-state index in [1.807, 2.05) is 12.1 Å². The fourth-order valence-corrected chi connectivity index (χ4v) is 2.07. The molecule has 0 saturated carbocycles. The maximum Gasteiger partial charge on any atom is 0.314 e. The summed E-state index contributed by atoms with van der Waals surface area (Å²) >= 11 is 5.89. The number of hydrogen-bond donors (Lipinski definition) is 2. The average Bonchev–Trinajstić information content (AvgIpc) is 2.73. The highest BCUT2D eigenvalue weighted by molar-refractivity contribution is 6.31. The van der Waals surface area contributed by atoms with E-state index in [0.717, 1.165) is 16.5 Å². The molecule has 1 aromatic carbocycles. The molecule has 1 atom stereocenters. The first-order valence-corrected chi connectivity index (χ1v) is 5.59. The van der Waals surface area contributed by atoms with Crippen LogP contribution in [0.5, 0.6) is 0 Å². The highest BCUT2D eigenvalue weighted by Gasteiger charge is 2.22. The number of nitrogens with one attached hydrogen (secondary N) is 1. The largest absolute Gasteiger partial charge is 0.469 e. The van der Waals surface area contributed by atoms with Gasteiger partial charge in [-0.15, -0.1) is 0 Å². The van der Waals surface area contributed by atoms with E-state index in [1.165, 1.54) is 7.11 Å². The molecule has 0 fully saturated rings. The molecule has 0 radical (unpaired) electrons. The van der Waals surface area contributed by atoms with Crippen molar-refractivity contribution in [2.75, 3.05) is 13.7 Å². The number of H-pyrrole nitrogens is 1. The van der Waals surface area contributed by atoms with Crippen molar-refractivity contribution in [1.82, 2.24) is 4.98 Å². The summed E-state index contributed by atoms with van der Waals surface area (Å²) in [5, 5.41) is 1.59. The molecule has 4 nitrogen and oxygen atoms in total. The third kappa shape index (κ3) is 2.14. The summed E-state index contributed by atoms with van der Waals surface area (Å²) in [4.78, 5) is 14.7. The fourth-order valence-electron chi connectivity index (χ4n) is 1.90. The summed E-state index contributed by atoms with van der Waals surface area (Å²) in [6.45, 7) is 0.211. The Morgan fingerprint density at radius 3 is 3.00 bits per heavy atom. The number of nitrogens with two attached hydrogens (primary N) is 1. The Morgan fingerprint density at radius 1 is 1.59 bits per heavy atom. The zero-order chi connectivity index (χ0) is 12.4.